The average Bonchev–Trinajstić information content (AvgIpc) is 2.44. The molecule has 1 nitrogen and oxygen atoms in total. The van der Waals surface area contributed by atoms with Crippen molar-refractivity contribution in [2.24, 2.45) is 0 Å². The van der Waals surface area contributed by atoms with Crippen LogP contribution < -0.4 is 5.32 Å². The Balaban J connectivity index is 2.12. The summed E-state index contributed by atoms with van der Waals surface area (Å²) < 4.78 is 13.5. The van der Waals surface area contributed by atoms with Crippen LogP contribution in [0.4, 0.5) is 4.39 Å². The fraction of sp³-hybridized carbons (Fsp3) is 0.250. The largest absolute Gasteiger partial charge is 0.304 e. The number of benzene rings is 2. The summed E-state index contributed by atoms with van der Waals surface area (Å²) in [6.07, 6.45) is 0. The molecule has 21 heavy (non-hydrogen) atoms. The van der Waals surface area contributed by atoms with Gasteiger partial charge < -0.3 is 5.32 Å². The highest BCUT2D eigenvalue weighted by molar-refractivity contribution is 6.42. The minimum Gasteiger partial charge on any atom is -0.304 e. The molecule has 2 unspecified atom stereocenters. The molecule has 0 bridgehead atoms. The van der Waals surface area contributed by atoms with Crippen LogP contribution in [0.15, 0.2) is 36.4 Å². The van der Waals surface area contributed by atoms with E-state index in [1.54, 1.807) is 12.1 Å². The molecule has 0 aromatic heterocycles. The minimum absolute atomic E-state index is 0.0266. The molecule has 0 fully saturated rings. The maximum Gasteiger partial charge on any atom is 0.142 e. The first kappa shape index (κ1) is 16.6. The van der Waals surface area contributed by atoms with Gasteiger partial charge in [0.15, 0.2) is 0 Å². The Kier molecular flexibility index (Phi) is 5.50. The molecule has 2 atom stereocenters. The molecule has 0 aliphatic carbocycles. The molecule has 2 aromatic carbocycles. The third kappa shape index (κ3) is 4.10. The molecule has 1 N–H and O–H groups in total. The fourth-order valence-electron chi connectivity index (χ4n) is 2.13. The van der Waals surface area contributed by atoms with Crippen molar-refractivity contribution in [2.75, 3.05) is 0 Å². The summed E-state index contributed by atoms with van der Waals surface area (Å²) in [6, 6.07) is 10.4. The van der Waals surface area contributed by atoms with Crippen LogP contribution in [0.2, 0.25) is 15.1 Å². The molecular formula is C16H15Cl3FN. The number of halogens is 4. The minimum atomic E-state index is -0.412. The third-order valence-corrected chi connectivity index (χ3v) is 4.43. The zero-order chi connectivity index (χ0) is 15.6. The summed E-state index contributed by atoms with van der Waals surface area (Å²) in [5.41, 5.74) is 1.86. The van der Waals surface area contributed by atoms with Gasteiger partial charge in [-0.15, -0.1) is 0 Å². The zero-order valence-electron chi connectivity index (χ0n) is 11.6. The van der Waals surface area contributed by atoms with Gasteiger partial charge in [-0.05, 0) is 49.2 Å². The van der Waals surface area contributed by atoms with Crippen molar-refractivity contribution < 1.29 is 4.39 Å². The molecule has 2 rings (SSSR count). The van der Waals surface area contributed by atoms with Crippen LogP contribution in [0.3, 0.4) is 0 Å². The summed E-state index contributed by atoms with van der Waals surface area (Å²) in [4.78, 5) is 0. The fourth-order valence-corrected chi connectivity index (χ4v) is 2.55. The average molecular weight is 347 g/mol. The number of rotatable bonds is 4. The summed E-state index contributed by atoms with van der Waals surface area (Å²) in [7, 11) is 0. The van der Waals surface area contributed by atoms with Gasteiger partial charge in [0.25, 0.3) is 0 Å². The van der Waals surface area contributed by atoms with Gasteiger partial charge in [-0.2, -0.15) is 0 Å². The topological polar surface area (TPSA) is 12.0 Å². The van der Waals surface area contributed by atoms with E-state index in [4.69, 9.17) is 34.8 Å². The Hall–Kier alpha value is -0.800. The van der Waals surface area contributed by atoms with E-state index in [9.17, 15) is 4.39 Å². The lowest BCUT2D eigenvalue weighted by Gasteiger charge is -2.21. The van der Waals surface area contributed by atoms with Gasteiger partial charge in [0.2, 0.25) is 0 Å². The Labute approximate surface area is 139 Å². The van der Waals surface area contributed by atoms with E-state index < -0.39 is 5.82 Å². The predicted molar refractivity (Wildman–Crippen MR) is 87.8 cm³/mol. The Morgan fingerprint density at radius 1 is 0.810 bits per heavy atom. The standard InChI is InChI=1S/C16H15Cl3FN/c1-9(11-3-5-13(17)15(19)7-11)21-10(2)12-4-6-14(18)16(20)8-12/h3-10,21H,1-2H3. The van der Waals surface area contributed by atoms with Crippen molar-refractivity contribution in [1.29, 1.82) is 0 Å². The van der Waals surface area contributed by atoms with Gasteiger partial charge in [0.05, 0.1) is 15.1 Å². The second-order valence-corrected chi connectivity index (χ2v) is 6.18. The first-order valence-electron chi connectivity index (χ1n) is 6.54. The number of hydrogen-bond donors (Lipinski definition) is 1. The highest BCUT2D eigenvalue weighted by Gasteiger charge is 2.13. The second-order valence-electron chi connectivity index (χ2n) is 4.96. The monoisotopic (exact) mass is 345 g/mol. The van der Waals surface area contributed by atoms with E-state index in [-0.39, 0.29) is 17.1 Å². The highest BCUT2D eigenvalue weighted by Crippen LogP contribution is 2.27. The highest BCUT2D eigenvalue weighted by atomic mass is 35.5. The predicted octanol–water partition coefficient (Wildman–Crippen LogP) is 6.20. The van der Waals surface area contributed by atoms with Crippen LogP contribution in [0.1, 0.15) is 37.1 Å². The lowest BCUT2D eigenvalue weighted by Crippen LogP contribution is -2.22. The van der Waals surface area contributed by atoms with Gasteiger partial charge in [-0.1, -0.05) is 46.9 Å². The molecule has 2 aromatic rings. The van der Waals surface area contributed by atoms with Gasteiger partial charge in [-0.3, -0.25) is 0 Å². The molecule has 0 aliphatic heterocycles. The van der Waals surface area contributed by atoms with Gasteiger partial charge in [0.1, 0.15) is 5.82 Å². The molecule has 0 saturated carbocycles. The van der Waals surface area contributed by atoms with Crippen LogP contribution in [0, 0.1) is 5.82 Å². The zero-order valence-corrected chi connectivity index (χ0v) is 13.9. The Bertz CT molecular complexity index is 590. The van der Waals surface area contributed by atoms with E-state index in [1.165, 1.54) is 6.07 Å². The molecule has 0 spiro atoms. The maximum atomic E-state index is 13.5. The van der Waals surface area contributed by atoms with E-state index in [2.05, 4.69) is 5.32 Å². The van der Waals surface area contributed by atoms with Crippen LogP contribution in [-0.2, 0) is 0 Å². The summed E-state index contributed by atoms with van der Waals surface area (Å²) >= 11 is 17.6. The smallest absolute Gasteiger partial charge is 0.142 e. The van der Waals surface area contributed by atoms with E-state index in [0.717, 1.165) is 11.1 Å². The van der Waals surface area contributed by atoms with Crippen LogP contribution in [0.25, 0.3) is 0 Å². The molecule has 0 amide bonds. The van der Waals surface area contributed by atoms with Crippen LogP contribution in [0.5, 0.6) is 0 Å². The molecule has 0 aliphatic rings. The lowest BCUT2D eigenvalue weighted by molar-refractivity contribution is 0.492. The number of nitrogens with one attached hydrogen (secondary N) is 1. The quantitative estimate of drug-likeness (QED) is 0.695. The Morgan fingerprint density at radius 2 is 1.33 bits per heavy atom. The van der Waals surface area contributed by atoms with Crippen LogP contribution in [-0.4, -0.2) is 0 Å². The SMILES string of the molecule is CC(NC(C)c1ccc(Cl)c(Cl)c1)c1ccc(Cl)c(F)c1. The van der Waals surface area contributed by atoms with E-state index in [0.29, 0.717) is 10.0 Å². The molecule has 0 saturated heterocycles. The van der Waals surface area contributed by atoms with E-state index in [1.807, 2.05) is 32.0 Å². The van der Waals surface area contributed by atoms with Gasteiger partial charge in [0, 0.05) is 12.1 Å². The summed E-state index contributed by atoms with van der Waals surface area (Å²) in [5.74, 6) is -0.412. The van der Waals surface area contributed by atoms with Crippen molar-refractivity contribution in [3.8, 4) is 0 Å². The summed E-state index contributed by atoms with van der Waals surface area (Å²) in [5, 5.41) is 4.57. The van der Waals surface area contributed by atoms with Gasteiger partial charge in [-0.25, -0.2) is 4.39 Å². The molecule has 0 heterocycles. The maximum absolute atomic E-state index is 13.5. The van der Waals surface area contributed by atoms with Crippen molar-refractivity contribution in [1.82, 2.24) is 5.32 Å². The Morgan fingerprint density at radius 3 is 1.86 bits per heavy atom. The first-order chi connectivity index (χ1) is 9.88. The van der Waals surface area contributed by atoms with E-state index >= 15 is 0 Å². The van der Waals surface area contributed by atoms with Crippen molar-refractivity contribution in [3.05, 3.63) is 68.4 Å². The lowest BCUT2D eigenvalue weighted by atomic mass is 10.0. The first-order valence-corrected chi connectivity index (χ1v) is 7.68. The normalized spacial score (nSPS) is 14.0. The molecule has 112 valence electrons. The molecule has 0 radical (unpaired) electrons. The second kappa shape index (κ2) is 6.97. The molecule has 5 heteroatoms. The van der Waals surface area contributed by atoms with Crippen molar-refractivity contribution in [3.63, 3.8) is 0 Å². The van der Waals surface area contributed by atoms with Crippen molar-refractivity contribution in [2.45, 2.75) is 25.9 Å². The van der Waals surface area contributed by atoms with Crippen LogP contribution >= 0.6 is 34.8 Å². The van der Waals surface area contributed by atoms with Gasteiger partial charge >= 0.3 is 0 Å². The number of hydrogen-bond acceptors (Lipinski definition) is 1. The molecular weight excluding hydrogens is 332 g/mol. The van der Waals surface area contributed by atoms with Crippen molar-refractivity contribution >= 4 is 34.8 Å². The summed E-state index contributed by atoms with van der Waals surface area (Å²) in [6.45, 7) is 3.99. The third-order valence-electron chi connectivity index (χ3n) is 3.39.